The first-order valence-corrected chi connectivity index (χ1v) is 8.32. The van der Waals surface area contributed by atoms with Gasteiger partial charge in [-0.3, -0.25) is 10.1 Å². The zero-order valence-electron chi connectivity index (χ0n) is 12.9. The lowest BCUT2D eigenvalue weighted by molar-refractivity contribution is -0.387. The zero-order valence-corrected chi connectivity index (χ0v) is 13.8. The van der Waals surface area contributed by atoms with Gasteiger partial charge in [0.25, 0.3) is 5.69 Å². The molecule has 7 heteroatoms. The van der Waals surface area contributed by atoms with Crippen molar-refractivity contribution in [2.45, 2.75) is 9.92 Å². The van der Waals surface area contributed by atoms with Crippen molar-refractivity contribution in [2.75, 3.05) is 0 Å². The van der Waals surface area contributed by atoms with Crippen LogP contribution >= 0.6 is 11.8 Å². The van der Waals surface area contributed by atoms with E-state index >= 15 is 0 Å². The number of aromatic nitrogens is 3. The summed E-state index contributed by atoms with van der Waals surface area (Å²) >= 11 is 1.30. The highest BCUT2D eigenvalue weighted by Crippen LogP contribution is 2.37. The van der Waals surface area contributed by atoms with Crippen molar-refractivity contribution in [1.29, 1.82) is 0 Å². The number of nitro groups is 1. The third kappa shape index (κ3) is 2.97. The van der Waals surface area contributed by atoms with E-state index in [-0.39, 0.29) is 10.6 Å². The minimum absolute atomic E-state index is 0.0472. The van der Waals surface area contributed by atoms with Crippen molar-refractivity contribution in [3.63, 3.8) is 0 Å². The molecule has 4 rings (SSSR count). The van der Waals surface area contributed by atoms with Gasteiger partial charge in [0.1, 0.15) is 5.03 Å². The molecule has 0 bridgehead atoms. The molecule has 2 aromatic heterocycles. The van der Waals surface area contributed by atoms with Gasteiger partial charge in [-0.15, -0.1) is 0 Å². The molecule has 0 atom stereocenters. The molecule has 2 heterocycles. The minimum atomic E-state index is -0.367. The molecule has 0 radical (unpaired) electrons. The van der Waals surface area contributed by atoms with Gasteiger partial charge in [-0.05, 0) is 23.6 Å². The summed E-state index contributed by atoms with van der Waals surface area (Å²) in [5.74, 6) is 0. The van der Waals surface area contributed by atoms with Crippen molar-refractivity contribution < 1.29 is 4.92 Å². The van der Waals surface area contributed by atoms with Gasteiger partial charge in [0.05, 0.1) is 21.8 Å². The normalized spacial score (nSPS) is 10.9. The van der Waals surface area contributed by atoms with E-state index in [0.29, 0.717) is 10.6 Å². The number of hydrogen-bond acceptors (Lipinski definition) is 5. The van der Waals surface area contributed by atoms with Gasteiger partial charge in [0.15, 0.2) is 0 Å². The lowest BCUT2D eigenvalue weighted by Crippen LogP contribution is -1.96. The Kier molecular flexibility index (Phi) is 3.91. The number of pyridine rings is 1. The molecule has 25 heavy (non-hydrogen) atoms. The Morgan fingerprint density at radius 1 is 1.08 bits per heavy atom. The van der Waals surface area contributed by atoms with Gasteiger partial charge >= 0.3 is 0 Å². The summed E-state index contributed by atoms with van der Waals surface area (Å²) in [6, 6.07) is 14.9. The zero-order chi connectivity index (χ0) is 17.2. The fourth-order valence-electron chi connectivity index (χ4n) is 2.58. The second-order valence-corrected chi connectivity index (χ2v) is 6.35. The highest BCUT2D eigenvalue weighted by molar-refractivity contribution is 7.99. The average Bonchev–Trinajstić information content (AvgIpc) is 3.17. The topological polar surface area (TPSA) is 73.8 Å². The quantitative estimate of drug-likeness (QED) is 0.401. The van der Waals surface area contributed by atoms with Crippen LogP contribution in [-0.2, 0) is 0 Å². The predicted octanol–water partition coefficient (Wildman–Crippen LogP) is 4.48. The van der Waals surface area contributed by atoms with Gasteiger partial charge in [-0.25, -0.2) is 9.97 Å². The van der Waals surface area contributed by atoms with Crippen molar-refractivity contribution in [1.82, 2.24) is 14.5 Å². The molecule has 2 aromatic carbocycles. The first-order valence-electron chi connectivity index (χ1n) is 7.51. The monoisotopic (exact) mass is 348 g/mol. The lowest BCUT2D eigenvalue weighted by atomic mass is 10.2. The van der Waals surface area contributed by atoms with Crippen LogP contribution in [0.15, 0.2) is 83.4 Å². The average molecular weight is 348 g/mol. The fourth-order valence-corrected chi connectivity index (χ4v) is 3.58. The second kappa shape index (κ2) is 6.37. The molecule has 4 aromatic rings. The van der Waals surface area contributed by atoms with E-state index in [1.165, 1.54) is 11.8 Å². The Morgan fingerprint density at radius 2 is 1.96 bits per heavy atom. The van der Waals surface area contributed by atoms with Gasteiger partial charge in [-0.1, -0.05) is 36.0 Å². The first kappa shape index (κ1) is 15.3. The largest absolute Gasteiger partial charge is 0.306 e. The standard InChI is InChI=1S/C18H12N4O2S/c23-22(24)16-11-14(21-10-9-19-12-21)5-6-17(16)25-18-15-4-2-1-3-13(15)7-8-20-18/h1-12H. The minimum Gasteiger partial charge on any atom is -0.306 e. The van der Waals surface area contributed by atoms with E-state index < -0.39 is 0 Å². The molecular weight excluding hydrogens is 336 g/mol. The molecule has 0 saturated heterocycles. The van der Waals surface area contributed by atoms with Crippen LogP contribution in [0.1, 0.15) is 0 Å². The molecular formula is C18H12N4O2S. The Balaban J connectivity index is 1.78. The van der Waals surface area contributed by atoms with Crippen molar-refractivity contribution in [2.24, 2.45) is 0 Å². The number of benzene rings is 2. The maximum atomic E-state index is 11.5. The van der Waals surface area contributed by atoms with E-state index in [4.69, 9.17) is 0 Å². The highest BCUT2D eigenvalue weighted by Gasteiger charge is 2.18. The van der Waals surface area contributed by atoms with Crippen LogP contribution in [-0.4, -0.2) is 19.5 Å². The van der Waals surface area contributed by atoms with Crippen LogP contribution in [0.4, 0.5) is 5.69 Å². The molecule has 0 unspecified atom stereocenters. The SMILES string of the molecule is O=[N+]([O-])c1cc(-n2ccnc2)ccc1Sc1nccc2ccccc12. The lowest BCUT2D eigenvalue weighted by Gasteiger charge is -2.08. The van der Waals surface area contributed by atoms with Crippen LogP contribution in [0.5, 0.6) is 0 Å². The Bertz CT molecular complexity index is 1060. The van der Waals surface area contributed by atoms with Crippen LogP contribution in [0, 0.1) is 10.1 Å². The van der Waals surface area contributed by atoms with E-state index in [1.807, 2.05) is 36.4 Å². The summed E-state index contributed by atoms with van der Waals surface area (Å²) in [5, 5.41) is 14.3. The number of fused-ring (bicyclic) bond motifs is 1. The van der Waals surface area contributed by atoms with Crippen molar-refractivity contribution in [3.05, 3.63) is 83.6 Å². The number of nitro benzene ring substituents is 1. The number of imidazole rings is 1. The van der Waals surface area contributed by atoms with Crippen LogP contribution in [0.3, 0.4) is 0 Å². The van der Waals surface area contributed by atoms with Gasteiger partial charge in [0.2, 0.25) is 0 Å². The third-order valence-electron chi connectivity index (χ3n) is 3.79. The third-order valence-corrected chi connectivity index (χ3v) is 4.87. The molecule has 0 aliphatic rings. The summed E-state index contributed by atoms with van der Waals surface area (Å²) in [4.78, 5) is 20.1. The molecule has 0 spiro atoms. The number of rotatable bonds is 4. The molecule has 0 fully saturated rings. The van der Waals surface area contributed by atoms with E-state index in [2.05, 4.69) is 9.97 Å². The molecule has 122 valence electrons. The fraction of sp³-hybridized carbons (Fsp3) is 0. The van der Waals surface area contributed by atoms with Gasteiger partial charge < -0.3 is 4.57 Å². The Morgan fingerprint density at radius 3 is 2.76 bits per heavy atom. The Hall–Kier alpha value is -3.19. The molecule has 0 aliphatic heterocycles. The van der Waals surface area contributed by atoms with E-state index in [9.17, 15) is 10.1 Å². The van der Waals surface area contributed by atoms with Crippen LogP contribution in [0.25, 0.3) is 16.5 Å². The van der Waals surface area contributed by atoms with Crippen LogP contribution < -0.4 is 0 Å². The maximum Gasteiger partial charge on any atom is 0.285 e. The summed E-state index contributed by atoms with van der Waals surface area (Å²) in [5.41, 5.74) is 0.741. The van der Waals surface area contributed by atoms with Crippen molar-refractivity contribution in [3.8, 4) is 5.69 Å². The first-order chi connectivity index (χ1) is 12.2. The van der Waals surface area contributed by atoms with Crippen LogP contribution in [0.2, 0.25) is 0 Å². The molecule has 0 aliphatic carbocycles. The molecule has 0 saturated carbocycles. The molecule has 6 nitrogen and oxygen atoms in total. The summed E-state index contributed by atoms with van der Waals surface area (Å²) in [6.45, 7) is 0. The maximum absolute atomic E-state index is 11.5. The second-order valence-electron chi connectivity index (χ2n) is 5.32. The summed E-state index contributed by atoms with van der Waals surface area (Å²) < 4.78 is 1.73. The van der Waals surface area contributed by atoms with E-state index in [1.54, 1.807) is 41.6 Å². The number of nitrogens with zero attached hydrogens (tertiary/aromatic N) is 4. The molecule has 0 N–H and O–H groups in total. The van der Waals surface area contributed by atoms with Gasteiger partial charge in [0, 0.05) is 30.0 Å². The predicted molar refractivity (Wildman–Crippen MR) is 96.1 cm³/mol. The number of hydrogen-bond donors (Lipinski definition) is 0. The smallest absolute Gasteiger partial charge is 0.285 e. The summed E-state index contributed by atoms with van der Waals surface area (Å²) in [7, 11) is 0. The molecule has 0 amide bonds. The van der Waals surface area contributed by atoms with Crippen molar-refractivity contribution >= 4 is 28.2 Å². The highest BCUT2D eigenvalue weighted by atomic mass is 32.2. The Labute approximate surface area is 147 Å². The summed E-state index contributed by atoms with van der Waals surface area (Å²) in [6.07, 6.45) is 6.71. The van der Waals surface area contributed by atoms with Gasteiger partial charge in [-0.2, -0.15) is 0 Å². The van der Waals surface area contributed by atoms with E-state index in [0.717, 1.165) is 15.8 Å².